The maximum atomic E-state index is 11.3. The smallest absolute Gasteiger partial charge is 0.318 e. The van der Waals surface area contributed by atoms with E-state index in [0.717, 1.165) is 6.42 Å². The van der Waals surface area contributed by atoms with Gasteiger partial charge in [-0.1, -0.05) is 6.92 Å². The molecule has 1 saturated heterocycles. The highest BCUT2D eigenvalue weighted by Gasteiger charge is 2.35. The molecule has 1 N–H and O–H groups in total. The van der Waals surface area contributed by atoms with Gasteiger partial charge in [0, 0.05) is 6.54 Å². The Morgan fingerprint density at radius 1 is 1.69 bits per heavy atom. The minimum atomic E-state index is -0.603. The van der Waals surface area contributed by atoms with Crippen molar-refractivity contribution in [2.24, 2.45) is 11.8 Å². The number of amides is 1. The molecule has 4 heteroatoms. The van der Waals surface area contributed by atoms with Crippen LogP contribution in [0.4, 0.5) is 0 Å². The first-order chi connectivity index (χ1) is 6.16. The normalized spacial score (nSPS) is 28.0. The predicted molar refractivity (Wildman–Crippen MR) is 46.9 cm³/mol. The third-order valence-corrected chi connectivity index (χ3v) is 2.29. The molecule has 1 aliphatic rings. The summed E-state index contributed by atoms with van der Waals surface area (Å²) in [6.07, 6.45) is 0.842. The highest BCUT2D eigenvalue weighted by molar-refractivity contribution is 5.98. The van der Waals surface area contributed by atoms with E-state index in [1.165, 1.54) is 0 Å². The zero-order chi connectivity index (χ0) is 9.84. The van der Waals surface area contributed by atoms with Gasteiger partial charge in [-0.05, 0) is 19.3 Å². The second-order valence-corrected chi connectivity index (χ2v) is 3.29. The molecule has 0 aliphatic carbocycles. The van der Waals surface area contributed by atoms with Gasteiger partial charge in [-0.2, -0.15) is 0 Å². The SMILES string of the molecule is CCOC(=O)[C@@H]1C(=O)NCC[C@@H]1C. The van der Waals surface area contributed by atoms with Gasteiger partial charge < -0.3 is 10.1 Å². The third-order valence-electron chi connectivity index (χ3n) is 2.29. The van der Waals surface area contributed by atoms with Gasteiger partial charge in [0.25, 0.3) is 0 Å². The highest BCUT2D eigenvalue weighted by atomic mass is 16.5. The van der Waals surface area contributed by atoms with Gasteiger partial charge in [0.1, 0.15) is 5.92 Å². The minimum absolute atomic E-state index is 0.0906. The summed E-state index contributed by atoms with van der Waals surface area (Å²) in [5, 5.41) is 2.66. The van der Waals surface area contributed by atoms with E-state index < -0.39 is 11.9 Å². The van der Waals surface area contributed by atoms with Gasteiger partial charge in [0.05, 0.1) is 6.61 Å². The van der Waals surface area contributed by atoms with Crippen molar-refractivity contribution >= 4 is 11.9 Å². The van der Waals surface area contributed by atoms with Crippen LogP contribution in [0, 0.1) is 11.8 Å². The van der Waals surface area contributed by atoms with Crippen LogP contribution in [0.5, 0.6) is 0 Å². The van der Waals surface area contributed by atoms with E-state index in [4.69, 9.17) is 4.74 Å². The monoisotopic (exact) mass is 185 g/mol. The number of rotatable bonds is 2. The Hall–Kier alpha value is -1.06. The second kappa shape index (κ2) is 4.25. The van der Waals surface area contributed by atoms with Crippen molar-refractivity contribution in [3.8, 4) is 0 Å². The van der Waals surface area contributed by atoms with Crippen LogP contribution in [0.25, 0.3) is 0 Å². The van der Waals surface area contributed by atoms with Crippen LogP contribution in [-0.4, -0.2) is 25.0 Å². The number of hydrogen-bond donors (Lipinski definition) is 1. The molecule has 74 valence electrons. The predicted octanol–water partition coefficient (Wildman–Crippen LogP) is 0.322. The lowest BCUT2D eigenvalue weighted by atomic mass is 9.87. The van der Waals surface area contributed by atoms with Gasteiger partial charge in [0.2, 0.25) is 5.91 Å². The molecule has 0 saturated carbocycles. The van der Waals surface area contributed by atoms with Crippen LogP contribution in [0.3, 0.4) is 0 Å². The van der Waals surface area contributed by atoms with Gasteiger partial charge in [-0.15, -0.1) is 0 Å². The number of carbonyl (C=O) groups is 2. The van der Waals surface area contributed by atoms with E-state index >= 15 is 0 Å². The highest BCUT2D eigenvalue weighted by Crippen LogP contribution is 2.20. The number of ether oxygens (including phenoxy) is 1. The lowest BCUT2D eigenvalue weighted by molar-refractivity contribution is -0.155. The van der Waals surface area contributed by atoms with Crippen molar-refractivity contribution in [1.82, 2.24) is 5.32 Å². The summed E-state index contributed by atoms with van der Waals surface area (Å²) in [5.74, 6) is -1.11. The fraction of sp³-hybridized carbons (Fsp3) is 0.778. The average Bonchev–Trinajstić information content (AvgIpc) is 2.04. The number of piperidine rings is 1. The van der Waals surface area contributed by atoms with Crippen molar-refractivity contribution in [2.75, 3.05) is 13.2 Å². The second-order valence-electron chi connectivity index (χ2n) is 3.29. The van der Waals surface area contributed by atoms with E-state index in [9.17, 15) is 9.59 Å². The first-order valence-electron chi connectivity index (χ1n) is 4.61. The largest absolute Gasteiger partial charge is 0.465 e. The van der Waals surface area contributed by atoms with Crippen LogP contribution in [0.2, 0.25) is 0 Å². The van der Waals surface area contributed by atoms with Crippen LogP contribution in [-0.2, 0) is 14.3 Å². The fourth-order valence-corrected chi connectivity index (χ4v) is 1.53. The minimum Gasteiger partial charge on any atom is -0.465 e. The average molecular weight is 185 g/mol. The molecule has 0 aromatic carbocycles. The number of carbonyl (C=O) groups excluding carboxylic acids is 2. The molecule has 0 radical (unpaired) electrons. The Morgan fingerprint density at radius 3 is 2.92 bits per heavy atom. The number of nitrogens with one attached hydrogen (secondary N) is 1. The maximum Gasteiger partial charge on any atom is 0.318 e. The summed E-state index contributed by atoms with van der Waals surface area (Å²) in [6.45, 7) is 4.63. The van der Waals surface area contributed by atoms with Crippen LogP contribution in [0.15, 0.2) is 0 Å². The Morgan fingerprint density at radius 2 is 2.38 bits per heavy atom. The molecule has 0 aromatic rings. The Balaban J connectivity index is 2.62. The molecule has 0 unspecified atom stereocenters. The Kier molecular flexibility index (Phi) is 3.28. The summed E-state index contributed by atoms with van der Waals surface area (Å²) < 4.78 is 4.82. The molecule has 13 heavy (non-hydrogen) atoms. The summed E-state index contributed by atoms with van der Waals surface area (Å²) in [6, 6.07) is 0. The Bertz CT molecular complexity index is 215. The van der Waals surface area contributed by atoms with Crippen molar-refractivity contribution in [1.29, 1.82) is 0 Å². The molecule has 0 aromatic heterocycles. The molecular formula is C9H15NO3. The van der Waals surface area contributed by atoms with Gasteiger partial charge >= 0.3 is 5.97 Å². The standard InChI is InChI=1S/C9H15NO3/c1-3-13-9(12)7-6(2)4-5-10-8(7)11/h6-7H,3-5H2,1-2H3,(H,10,11)/t6-,7-/m0/s1. The zero-order valence-electron chi connectivity index (χ0n) is 8.00. The fourth-order valence-electron chi connectivity index (χ4n) is 1.53. The molecule has 1 fully saturated rings. The molecule has 1 amide bonds. The zero-order valence-corrected chi connectivity index (χ0v) is 8.00. The van der Waals surface area contributed by atoms with Crippen LogP contribution < -0.4 is 5.32 Å². The quantitative estimate of drug-likeness (QED) is 0.498. The van der Waals surface area contributed by atoms with Crippen molar-refractivity contribution < 1.29 is 14.3 Å². The van der Waals surface area contributed by atoms with Gasteiger partial charge in [-0.25, -0.2) is 0 Å². The van der Waals surface area contributed by atoms with Crippen LogP contribution in [0.1, 0.15) is 20.3 Å². The van der Waals surface area contributed by atoms with E-state index in [0.29, 0.717) is 13.2 Å². The first-order valence-corrected chi connectivity index (χ1v) is 4.61. The topological polar surface area (TPSA) is 55.4 Å². The molecule has 0 bridgehead atoms. The van der Waals surface area contributed by atoms with Gasteiger partial charge in [0.15, 0.2) is 0 Å². The summed E-state index contributed by atoms with van der Waals surface area (Å²) in [4.78, 5) is 22.6. The molecule has 1 rings (SSSR count). The third kappa shape index (κ3) is 2.20. The first kappa shape index (κ1) is 10.0. The Labute approximate surface area is 77.6 Å². The summed E-state index contributed by atoms with van der Waals surface area (Å²) in [5.41, 5.74) is 0. The molecule has 0 spiro atoms. The van der Waals surface area contributed by atoms with E-state index in [-0.39, 0.29) is 11.8 Å². The van der Waals surface area contributed by atoms with Gasteiger partial charge in [-0.3, -0.25) is 9.59 Å². The van der Waals surface area contributed by atoms with Crippen molar-refractivity contribution in [2.45, 2.75) is 20.3 Å². The molecule has 2 atom stereocenters. The van der Waals surface area contributed by atoms with E-state index in [1.807, 2.05) is 6.92 Å². The van der Waals surface area contributed by atoms with E-state index in [2.05, 4.69) is 5.32 Å². The van der Waals surface area contributed by atoms with Crippen molar-refractivity contribution in [3.05, 3.63) is 0 Å². The molecule has 1 aliphatic heterocycles. The van der Waals surface area contributed by atoms with E-state index in [1.54, 1.807) is 6.92 Å². The number of hydrogen-bond acceptors (Lipinski definition) is 3. The molecular weight excluding hydrogens is 170 g/mol. The summed E-state index contributed by atoms with van der Waals surface area (Å²) >= 11 is 0. The molecule has 1 heterocycles. The lowest BCUT2D eigenvalue weighted by Crippen LogP contribution is -2.45. The molecule has 4 nitrogen and oxygen atoms in total. The lowest BCUT2D eigenvalue weighted by Gasteiger charge is -2.26. The van der Waals surface area contributed by atoms with Crippen molar-refractivity contribution in [3.63, 3.8) is 0 Å². The summed E-state index contributed by atoms with van der Waals surface area (Å²) in [7, 11) is 0. The number of esters is 1. The van der Waals surface area contributed by atoms with Crippen LogP contribution >= 0.6 is 0 Å². The maximum absolute atomic E-state index is 11.3.